The van der Waals surface area contributed by atoms with Crippen molar-refractivity contribution in [1.29, 1.82) is 0 Å². The van der Waals surface area contributed by atoms with Crippen LogP contribution in [0.1, 0.15) is 18.9 Å². The smallest absolute Gasteiger partial charge is 0.148 e. The molecule has 0 fully saturated rings. The molecule has 1 atom stereocenters. The van der Waals surface area contributed by atoms with E-state index in [1.807, 2.05) is 18.2 Å². The van der Waals surface area contributed by atoms with Crippen molar-refractivity contribution in [3.63, 3.8) is 0 Å². The third kappa shape index (κ3) is 6.44. The monoisotopic (exact) mass is 255 g/mol. The molecule has 0 aliphatic rings. The number of rotatable bonds is 7. The van der Waals surface area contributed by atoms with Crippen LogP contribution in [0.5, 0.6) is 0 Å². The number of nitrogens with one attached hydrogen (secondary N) is 1. The van der Waals surface area contributed by atoms with Crippen LogP contribution < -0.4 is 5.32 Å². The Morgan fingerprint density at radius 1 is 1.24 bits per heavy atom. The first-order valence-corrected chi connectivity index (χ1v) is 8.02. The van der Waals surface area contributed by atoms with E-state index in [2.05, 4.69) is 24.4 Å². The van der Waals surface area contributed by atoms with Gasteiger partial charge in [0.1, 0.15) is 9.84 Å². The molecule has 1 unspecified atom stereocenters. The van der Waals surface area contributed by atoms with Crippen LogP contribution in [0.4, 0.5) is 0 Å². The molecule has 0 saturated heterocycles. The average molecular weight is 255 g/mol. The lowest BCUT2D eigenvalue weighted by Crippen LogP contribution is -2.34. The Bertz CT molecular complexity index is 414. The van der Waals surface area contributed by atoms with Gasteiger partial charge < -0.3 is 5.32 Å². The van der Waals surface area contributed by atoms with Crippen molar-refractivity contribution in [2.24, 2.45) is 0 Å². The lowest BCUT2D eigenvalue weighted by molar-refractivity contribution is 0.508. The summed E-state index contributed by atoms with van der Waals surface area (Å²) in [5.74, 6) is 0.207. The molecule has 0 saturated carbocycles. The molecule has 0 spiro atoms. The Hall–Kier alpha value is -0.870. The van der Waals surface area contributed by atoms with Crippen LogP contribution in [0, 0.1) is 0 Å². The van der Waals surface area contributed by atoms with E-state index in [0.29, 0.717) is 12.6 Å². The summed E-state index contributed by atoms with van der Waals surface area (Å²) < 4.78 is 22.0. The highest BCUT2D eigenvalue weighted by atomic mass is 32.2. The van der Waals surface area contributed by atoms with Gasteiger partial charge in [-0.3, -0.25) is 0 Å². The van der Waals surface area contributed by atoms with Crippen LogP contribution in [0.3, 0.4) is 0 Å². The summed E-state index contributed by atoms with van der Waals surface area (Å²) in [5.41, 5.74) is 1.28. The number of benzene rings is 1. The molecular weight excluding hydrogens is 234 g/mol. The van der Waals surface area contributed by atoms with Gasteiger partial charge in [-0.1, -0.05) is 37.3 Å². The van der Waals surface area contributed by atoms with E-state index >= 15 is 0 Å². The Morgan fingerprint density at radius 2 is 1.88 bits per heavy atom. The molecule has 1 aromatic carbocycles. The van der Waals surface area contributed by atoms with Gasteiger partial charge >= 0.3 is 0 Å². The molecule has 0 heterocycles. The topological polar surface area (TPSA) is 46.2 Å². The van der Waals surface area contributed by atoms with E-state index in [9.17, 15) is 8.42 Å². The molecule has 0 aliphatic carbocycles. The molecule has 0 bridgehead atoms. The minimum absolute atomic E-state index is 0.207. The van der Waals surface area contributed by atoms with Crippen LogP contribution in [0.2, 0.25) is 0 Å². The van der Waals surface area contributed by atoms with Crippen LogP contribution in [-0.2, 0) is 16.3 Å². The highest BCUT2D eigenvalue weighted by molar-refractivity contribution is 7.90. The van der Waals surface area contributed by atoms with Crippen molar-refractivity contribution in [3.8, 4) is 0 Å². The largest absolute Gasteiger partial charge is 0.313 e. The van der Waals surface area contributed by atoms with Crippen molar-refractivity contribution < 1.29 is 8.42 Å². The van der Waals surface area contributed by atoms with Gasteiger partial charge in [0.25, 0.3) is 0 Å². The Balaban J connectivity index is 2.39. The number of sulfone groups is 1. The fourth-order valence-electron chi connectivity index (χ4n) is 1.71. The van der Waals surface area contributed by atoms with Gasteiger partial charge in [-0.25, -0.2) is 8.42 Å². The minimum atomic E-state index is -2.86. The average Bonchev–Trinajstić information content (AvgIpc) is 2.27. The summed E-state index contributed by atoms with van der Waals surface area (Å²) in [6.07, 6.45) is 3.21. The maximum absolute atomic E-state index is 11.0. The van der Waals surface area contributed by atoms with Gasteiger partial charge in [-0.2, -0.15) is 0 Å². The van der Waals surface area contributed by atoms with Gasteiger partial charge in [0.2, 0.25) is 0 Å². The molecule has 3 nitrogen and oxygen atoms in total. The van der Waals surface area contributed by atoms with Crippen molar-refractivity contribution in [3.05, 3.63) is 35.9 Å². The van der Waals surface area contributed by atoms with Gasteiger partial charge in [0.15, 0.2) is 0 Å². The molecule has 0 aliphatic heterocycles. The van der Waals surface area contributed by atoms with Crippen LogP contribution >= 0.6 is 0 Å². The second kappa shape index (κ2) is 6.77. The van der Waals surface area contributed by atoms with Crippen molar-refractivity contribution in [1.82, 2.24) is 5.32 Å². The van der Waals surface area contributed by atoms with Crippen molar-refractivity contribution in [2.45, 2.75) is 25.8 Å². The summed E-state index contributed by atoms with van der Waals surface area (Å²) in [6.45, 7) is 2.64. The van der Waals surface area contributed by atoms with E-state index in [1.165, 1.54) is 11.8 Å². The molecule has 0 amide bonds. The summed E-state index contributed by atoms with van der Waals surface area (Å²) in [7, 11) is -2.86. The predicted molar refractivity (Wildman–Crippen MR) is 71.9 cm³/mol. The maximum atomic E-state index is 11.0. The minimum Gasteiger partial charge on any atom is -0.313 e. The third-order valence-corrected chi connectivity index (χ3v) is 3.67. The van der Waals surface area contributed by atoms with Crippen LogP contribution in [-0.4, -0.2) is 33.0 Å². The highest BCUT2D eigenvalue weighted by Gasteiger charge is 2.08. The maximum Gasteiger partial charge on any atom is 0.148 e. The third-order valence-electron chi connectivity index (χ3n) is 2.72. The first-order chi connectivity index (χ1) is 8.01. The van der Waals surface area contributed by atoms with Gasteiger partial charge in [-0.05, 0) is 18.4 Å². The van der Waals surface area contributed by atoms with Crippen LogP contribution in [0.15, 0.2) is 30.3 Å². The van der Waals surface area contributed by atoms with Crippen molar-refractivity contribution in [2.75, 3.05) is 18.6 Å². The van der Waals surface area contributed by atoms with E-state index in [1.54, 1.807) is 0 Å². The van der Waals surface area contributed by atoms with Gasteiger partial charge in [0.05, 0.1) is 5.75 Å². The second-order valence-electron chi connectivity index (χ2n) is 4.38. The number of hydrogen-bond donors (Lipinski definition) is 1. The predicted octanol–water partition coefficient (Wildman–Crippen LogP) is 1.64. The Morgan fingerprint density at radius 3 is 2.41 bits per heavy atom. The summed E-state index contributed by atoms with van der Waals surface area (Å²) in [4.78, 5) is 0. The molecule has 1 aromatic rings. The first-order valence-electron chi connectivity index (χ1n) is 5.96. The zero-order chi connectivity index (χ0) is 12.7. The fraction of sp³-hybridized carbons (Fsp3) is 0.538. The van der Waals surface area contributed by atoms with E-state index in [0.717, 1.165) is 12.8 Å². The SMILES string of the molecule is CCC(Cc1ccccc1)NCCS(C)(=O)=O. The van der Waals surface area contributed by atoms with Gasteiger partial charge in [-0.15, -0.1) is 0 Å². The van der Waals surface area contributed by atoms with Crippen LogP contribution in [0.25, 0.3) is 0 Å². The standard InChI is InChI=1S/C13H21NO2S/c1-3-13(14-9-10-17(2,15)16)11-12-7-5-4-6-8-12/h4-8,13-14H,3,9-11H2,1-2H3. The molecular formula is C13H21NO2S. The normalized spacial score (nSPS) is 13.5. The Kier molecular flexibility index (Phi) is 5.65. The van der Waals surface area contributed by atoms with Gasteiger partial charge in [0, 0.05) is 18.8 Å². The summed E-state index contributed by atoms with van der Waals surface area (Å²) in [6, 6.07) is 10.6. The van der Waals surface area contributed by atoms with E-state index in [-0.39, 0.29) is 5.75 Å². The quantitative estimate of drug-likeness (QED) is 0.805. The summed E-state index contributed by atoms with van der Waals surface area (Å²) in [5, 5.41) is 3.30. The first kappa shape index (κ1) is 14.2. The number of hydrogen-bond acceptors (Lipinski definition) is 3. The zero-order valence-corrected chi connectivity index (χ0v) is 11.3. The Labute approximate surface area is 104 Å². The van der Waals surface area contributed by atoms with E-state index in [4.69, 9.17) is 0 Å². The molecule has 1 N–H and O–H groups in total. The lowest BCUT2D eigenvalue weighted by atomic mass is 10.0. The molecule has 4 heteroatoms. The highest BCUT2D eigenvalue weighted by Crippen LogP contribution is 2.05. The summed E-state index contributed by atoms with van der Waals surface area (Å²) >= 11 is 0. The molecule has 0 aromatic heterocycles. The van der Waals surface area contributed by atoms with E-state index < -0.39 is 9.84 Å². The molecule has 1 rings (SSSR count). The second-order valence-corrected chi connectivity index (χ2v) is 6.64. The molecule has 96 valence electrons. The zero-order valence-electron chi connectivity index (χ0n) is 10.5. The molecule has 17 heavy (non-hydrogen) atoms. The van der Waals surface area contributed by atoms with Crippen molar-refractivity contribution >= 4 is 9.84 Å². The lowest BCUT2D eigenvalue weighted by Gasteiger charge is -2.16. The fourth-order valence-corrected chi connectivity index (χ4v) is 2.20. The molecule has 0 radical (unpaired) electrons.